The van der Waals surface area contributed by atoms with Gasteiger partial charge in [-0.15, -0.1) is 11.3 Å². The van der Waals surface area contributed by atoms with E-state index in [1.807, 2.05) is 13.0 Å². The summed E-state index contributed by atoms with van der Waals surface area (Å²) in [5.74, 6) is 1.87. The van der Waals surface area contributed by atoms with E-state index in [1.54, 1.807) is 17.7 Å². The quantitative estimate of drug-likeness (QED) is 0.288. The second kappa shape index (κ2) is 9.35. The number of fused-ring (bicyclic) bond motifs is 3. The highest BCUT2D eigenvalue weighted by Gasteiger charge is 2.31. The number of rotatable bonds is 7. The summed E-state index contributed by atoms with van der Waals surface area (Å²) < 4.78 is 14.5. The second-order valence-corrected chi connectivity index (χ2v) is 9.49. The molecular formula is C23H32N3O2S+. The molecule has 6 heteroatoms. The minimum absolute atomic E-state index is 0.251. The van der Waals surface area contributed by atoms with Gasteiger partial charge in [0.05, 0.1) is 18.6 Å². The molecule has 2 aliphatic rings. The van der Waals surface area contributed by atoms with Crippen LogP contribution < -0.4 is 4.74 Å². The topological polar surface area (TPSA) is 47.3 Å². The predicted octanol–water partition coefficient (Wildman–Crippen LogP) is 4.59. The third-order valence-corrected chi connectivity index (χ3v) is 7.14. The third-order valence-electron chi connectivity index (χ3n) is 5.97. The fourth-order valence-corrected chi connectivity index (χ4v) is 5.84. The van der Waals surface area contributed by atoms with Gasteiger partial charge in [0.15, 0.2) is 0 Å². The van der Waals surface area contributed by atoms with Crippen molar-refractivity contribution in [3.8, 4) is 5.88 Å². The molecule has 1 unspecified atom stereocenters. The highest BCUT2D eigenvalue weighted by molar-refractivity contribution is 7.19. The van der Waals surface area contributed by atoms with Crippen LogP contribution in [-0.2, 0) is 11.2 Å². The van der Waals surface area contributed by atoms with Gasteiger partial charge in [0.1, 0.15) is 37.6 Å². The van der Waals surface area contributed by atoms with Crippen molar-refractivity contribution in [3.05, 3.63) is 28.9 Å². The van der Waals surface area contributed by atoms with Crippen molar-refractivity contribution in [2.75, 3.05) is 27.3 Å². The van der Waals surface area contributed by atoms with Crippen LogP contribution in [-0.4, -0.2) is 54.2 Å². The molecule has 4 rings (SSSR count). The Balaban J connectivity index is 1.50. The molecule has 0 amide bonds. The molecule has 0 bridgehead atoms. The Kier molecular flexibility index (Phi) is 6.60. The first-order valence-electron chi connectivity index (χ1n) is 10.8. The Morgan fingerprint density at radius 3 is 2.76 bits per heavy atom. The lowest BCUT2D eigenvalue weighted by atomic mass is 9.88. The van der Waals surface area contributed by atoms with E-state index in [9.17, 15) is 0 Å². The largest absolute Gasteiger partial charge is 0.474 e. The van der Waals surface area contributed by atoms with Gasteiger partial charge < -0.3 is 9.47 Å². The van der Waals surface area contributed by atoms with Crippen molar-refractivity contribution in [1.29, 1.82) is 0 Å². The maximum atomic E-state index is 6.47. The van der Waals surface area contributed by atoms with Crippen LogP contribution in [0.1, 0.15) is 55.4 Å². The lowest BCUT2D eigenvalue weighted by Crippen LogP contribution is -2.26. The average molecular weight is 415 g/mol. The summed E-state index contributed by atoms with van der Waals surface area (Å²) in [6, 6.07) is 0. The normalized spacial score (nSPS) is 24.2. The average Bonchev–Trinajstić information content (AvgIpc) is 3.26. The van der Waals surface area contributed by atoms with Gasteiger partial charge in [0.25, 0.3) is 0 Å². The molecule has 0 aliphatic heterocycles. The Morgan fingerprint density at radius 1 is 1.17 bits per heavy atom. The van der Waals surface area contributed by atoms with Crippen LogP contribution in [0.25, 0.3) is 10.2 Å². The number of thiophene rings is 1. The summed E-state index contributed by atoms with van der Waals surface area (Å²) in [6.45, 7) is 3.46. The molecule has 0 N–H and O–H groups in total. The lowest BCUT2D eigenvalue weighted by molar-refractivity contribution is -0.462. The molecule has 1 fully saturated rings. The monoisotopic (exact) mass is 414 g/mol. The maximum Gasteiger partial charge on any atom is 0.225 e. The standard InChI is InChI=1S/C23H32N3O2S/c1-4-5-12-27-14-17-8-11-19-20(17)21-22(24-15-25-23(21)29-19)28-18-9-6-16(7-10-18)13-26(2)3/h4-5,13,15-18H,6-12,14H2,1-3H3/q+1. The first kappa shape index (κ1) is 20.5. The zero-order valence-corrected chi connectivity index (χ0v) is 18.6. The molecule has 1 saturated carbocycles. The van der Waals surface area contributed by atoms with E-state index in [4.69, 9.17) is 9.47 Å². The summed E-state index contributed by atoms with van der Waals surface area (Å²) in [7, 11) is 4.21. The number of aryl methyl sites for hydroxylation is 1. The van der Waals surface area contributed by atoms with Gasteiger partial charge in [-0.25, -0.2) is 14.5 Å². The first-order valence-corrected chi connectivity index (χ1v) is 11.6. The zero-order valence-electron chi connectivity index (χ0n) is 17.8. The zero-order chi connectivity index (χ0) is 20.2. The molecule has 2 aliphatic carbocycles. The van der Waals surface area contributed by atoms with Crippen LogP contribution in [0.5, 0.6) is 5.88 Å². The highest BCUT2D eigenvalue weighted by atomic mass is 32.1. The molecular weight excluding hydrogens is 382 g/mol. The van der Waals surface area contributed by atoms with E-state index >= 15 is 0 Å². The first-order chi connectivity index (χ1) is 14.2. The molecule has 2 heterocycles. The number of nitrogens with zero attached hydrogens (tertiary/aromatic N) is 3. The maximum absolute atomic E-state index is 6.47. The second-order valence-electron chi connectivity index (χ2n) is 8.41. The number of allylic oxidation sites excluding steroid dienone is 1. The number of aromatic nitrogens is 2. The fourth-order valence-electron chi connectivity index (χ4n) is 4.61. The van der Waals surface area contributed by atoms with Crippen LogP contribution in [0.4, 0.5) is 0 Å². The summed E-state index contributed by atoms with van der Waals surface area (Å²) in [5.41, 5.74) is 1.38. The Morgan fingerprint density at radius 2 is 2.00 bits per heavy atom. The number of ether oxygens (including phenoxy) is 2. The summed E-state index contributed by atoms with van der Waals surface area (Å²) in [5, 5.41) is 1.15. The smallest absolute Gasteiger partial charge is 0.225 e. The Labute approximate surface area is 177 Å². The molecule has 29 heavy (non-hydrogen) atoms. The van der Waals surface area contributed by atoms with Crippen molar-refractivity contribution < 1.29 is 14.0 Å². The van der Waals surface area contributed by atoms with E-state index < -0.39 is 0 Å². The van der Waals surface area contributed by atoms with E-state index in [0.717, 1.165) is 48.4 Å². The molecule has 0 aromatic carbocycles. The highest BCUT2D eigenvalue weighted by Crippen LogP contribution is 2.46. The Hall–Kier alpha value is -1.79. The minimum Gasteiger partial charge on any atom is -0.474 e. The Bertz CT molecular complexity index is 893. The van der Waals surface area contributed by atoms with Gasteiger partial charge in [0.2, 0.25) is 5.88 Å². The fraction of sp³-hybridized carbons (Fsp3) is 0.609. The molecule has 1 atom stereocenters. The third kappa shape index (κ3) is 4.69. The van der Waals surface area contributed by atoms with E-state index in [-0.39, 0.29) is 6.10 Å². The summed E-state index contributed by atoms with van der Waals surface area (Å²) >= 11 is 1.81. The molecule has 0 saturated heterocycles. The van der Waals surface area contributed by atoms with Crippen molar-refractivity contribution in [2.45, 2.75) is 57.5 Å². The van der Waals surface area contributed by atoms with Gasteiger partial charge in [0, 0.05) is 16.7 Å². The van der Waals surface area contributed by atoms with Crippen molar-refractivity contribution >= 4 is 27.8 Å². The summed E-state index contributed by atoms with van der Waals surface area (Å²) in [6.07, 6.45) is 15.1. The van der Waals surface area contributed by atoms with Crippen molar-refractivity contribution in [3.63, 3.8) is 0 Å². The molecule has 5 nitrogen and oxygen atoms in total. The molecule has 2 aromatic heterocycles. The van der Waals surface area contributed by atoms with E-state index in [2.05, 4.69) is 40.9 Å². The van der Waals surface area contributed by atoms with Gasteiger partial charge in [-0.05, 0) is 51.0 Å². The molecule has 2 aromatic rings. The van der Waals surface area contributed by atoms with Gasteiger partial charge in [-0.2, -0.15) is 0 Å². The van der Waals surface area contributed by atoms with Crippen LogP contribution in [0.3, 0.4) is 0 Å². The van der Waals surface area contributed by atoms with Gasteiger partial charge in [-0.3, -0.25) is 0 Å². The van der Waals surface area contributed by atoms with Crippen LogP contribution in [0, 0.1) is 5.92 Å². The van der Waals surface area contributed by atoms with Gasteiger partial charge >= 0.3 is 0 Å². The van der Waals surface area contributed by atoms with Crippen molar-refractivity contribution in [2.24, 2.45) is 5.92 Å². The van der Waals surface area contributed by atoms with E-state index in [0.29, 0.717) is 18.4 Å². The lowest BCUT2D eigenvalue weighted by Gasteiger charge is -2.26. The molecule has 0 spiro atoms. The predicted molar refractivity (Wildman–Crippen MR) is 119 cm³/mol. The molecule has 156 valence electrons. The van der Waals surface area contributed by atoms with Crippen LogP contribution in [0.2, 0.25) is 0 Å². The number of hydrogen-bond donors (Lipinski definition) is 0. The van der Waals surface area contributed by atoms with E-state index in [1.165, 1.54) is 23.3 Å². The van der Waals surface area contributed by atoms with Crippen LogP contribution >= 0.6 is 11.3 Å². The van der Waals surface area contributed by atoms with Crippen LogP contribution in [0.15, 0.2) is 18.5 Å². The number of hydrogen-bond acceptors (Lipinski definition) is 5. The summed E-state index contributed by atoms with van der Waals surface area (Å²) in [4.78, 5) is 11.6. The minimum atomic E-state index is 0.251. The van der Waals surface area contributed by atoms with Gasteiger partial charge in [-0.1, -0.05) is 12.2 Å². The molecule has 0 radical (unpaired) electrons. The van der Waals surface area contributed by atoms with Crippen molar-refractivity contribution in [1.82, 2.24) is 9.97 Å². The SMILES string of the molecule is CC=CCOCC1CCc2sc3ncnc(OC4CCC(C=[N+](C)C)CC4)c3c21.